The summed E-state index contributed by atoms with van der Waals surface area (Å²) in [6, 6.07) is 3.75. The van der Waals surface area contributed by atoms with Gasteiger partial charge in [0.05, 0.1) is 19.7 Å². The van der Waals surface area contributed by atoms with Gasteiger partial charge in [-0.15, -0.1) is 0 Å². The number of rotatable bonds is 3. The van der Waals surface area contributed by atoms with Crippen molar-refractivity contribution in [1.82, 2.24) is 24.8 Å². The van der Waals surface area contributed by atoms with Crippen LogP contribution in [0.5, 0.6) is 6.01 Å². The largest absolute Gasteiger partial charge is 0.460 e. The summed E-state index contributed by atoms with van der Waals surface area (Å²) in [5.41, 5.74) is 0.0709. The molecule has 2 fully saturated rings. The van der Waals surface area contributed by atoms with E-state index >= 15 is 0 Å². The number of ether oxygens (including phenoxy) is 2. The molecule has 124 valence electrons. The van der Waals surface area contributed by atoms with Crippen molar-refractivity contribution in [3.63, 3.8) is 0 Å². The van der Waals surface area contributed by atoms with Crippen LogP contribution in [0.3, 0.4) is 0 Å². The molecular formula is C16H17N5O3. The summed E-state index contributed by atoms with van der Waals surface area (Å²) in [6.07, 6.45) is 7.77. The Hall–Kier alpha value is -2.61. The van der Waals surface area contributed by atoms with Crippen molar-refractivity contribution in [2.45, 2.75) is 24.5 Å². The molecule has 24 heavy (non-hydrogen) atoms. The predicted molar refractivity (Wildman–Crippen MR) is 82.3 cm³/mol. The van der Waals surface area contributed by atoms with Gasteiger partial charge >= 0.3 is 6.01 Å². The minimum atomic E-state index is -0.333. The SMILES string of the molecule is O=C(c1ccncn1)N1CC2(CC(Oc3ncccn3)CCO2)C1. The molecule has 1 atom stereocenters. The fourth-order valence-corrected chi connectivity index (χ4v) is 3.17. The zero-order valence-electron chi connectivity index (χ0n) is 13.0. The van der Waals surface area contributed by atoms with Crippen LogP contribution in [0.2, 0.25) is 0 Å². The molecule has 8 nitrogen and oxygen atoms in total. The quantitative estimate of drug-likeness (QED) is 0.820. The Morgan fingerprint density at radius 2 is 2.08 bits per heavy atom. The maximum absolute atomic E-state index is 12.4. The van der Waals surface area contributed by atoms with E-state index in [-0.39, 0.29) is 17.6 Å². The lowest BCUT2D eigenvalue weighted by Gasteiger charge is -2.52. The number of carbonyl (C=O) groups is 1. The summed E-state index contributed by atoms with van der Waals surface area (Å²) >= 11 is 0. The number of nitrogens with zero attached hydrogens (tertiary/aromatic N) is 5. The normalized spacial score (nSPS) is 22.0. The monoisotopic (exact) mass is 327 g/mol. The Balaban J connectivity index is 1.36. The van der Waals surface area contributed by atoms with E-state index in [1.807, 2.05) is 0 Å². The fourth-order valence-electron chi connectivity index (χ4n) is 3.17. The van der Waals surface area contributed by atoms with Gasteiger partial charge in [-0.05, 0) is 12.1 Å². The molecule has 2 aromatic rings. The fraction of sp³-hybridized carbons (Fsp3) is 0.438. The molecule has 1 spiro atoms. The number of hydrogen-bond acceptors (Lipinski definition) is 7. The van der Waals surface area contributed by atoms with E-state index in [0.29, 0.717) is 31.4 Å². The molecule has 0 aromatic carbocycles. The van der Waals surface area contributed by atoms with Gasteiger partial charge in [-0.1, -0.05) is 0 Å². The number of carbonyl (C=O) groups excluding carboxylic acids is 1. The molecule has 0 saturated carbocycles. The first-order valence-electron chi connectivity index (χ1n) is 7.87. The van der Waals surface area contributed by atoms with E-state index in [2.05, 4.69) is 19.9 Å². The first-order valence-corrected chi connectivity index (χ1v) is 7.87. The minimum Gasteiger partial charge on any atom is -0.460 e. The maximum Gasteiger partial charge on any atom is 0.316 e. The van der Waals surface area contributed by atoms with Gasteiger partial charge in [0.15, 0.2) is 0 Å². The van der Waals surface area contributed by atoms with Gasteiger partial charge in [0.1, 0.15) is 23.7 Å². The minimum absolute atomic E-state index is 0.00236. The number of amides is 1. The molecule has 0 bridgehead atoms. The zero-order chi connectivity index (χ0) is 16.4. The molecule has 1 unspecified atom stereocenters. The Kier molecular flexibility index (Phi) is 3.81. The zero-order valence-corrected chi connectivity index (χ0v) is 13.0. The average molecular weight is 327 g/mol. The molecule has 2 aromatic heterocycles. The highest BCUT2D eigenvalue weighted by molar-refractivity contribution is 5.92. The van der Waals surface area contributed by atoms with Crippen LogP contribution in [-0.2, 0) is 4.74 Å². The highest BCUT2D eigenvalue weighted by atomic mass is 16.5. The summed E-state index contributed by atoms with van der Waals surface area (Å²) in [5, 5.41) is 0. The summed E-state index contributed by atoms with van der Waals surface area (Å²) in [4.78, 5) is 30.1. The number of hydrogen-bond donors (Lipinski definition) is 0. The second kappa shape index (κ2) is 6.12. The van der Waals surface area contributed by atoms with Crippen molar-refractivity contribution in [3.05, 3.63) is 42.7 Å². The van der Waals surface area contributed by atoms with Crippen LogP contribution >= 0.6 is 0 Å². The molecule has 0 aliphatic carbocycles. The van der Waals surface area contributed by atoms with E-state index in [9.17, 15) is 4.79 Å². The second-order valence-electron chi connectivity index (χ2n) is 6.05. The standard InChI is InChI=1S/C16H17N5O3/c22-14(13-2-6-17-11-20-13)21-9-16(10-21)8-12(3-7-23-16)24-15-18-4-1-5-19-15/h1-2,4-6,11-12H,3,7-10H2. The molecule has 4 rings (SSSR count). The Labute approximate surface area is 138 Å². The molecular weight excluding hydrogens is 310 g/mol. The highest BCUT2D eigenvalue weighted by Gasteiger charge is 2.50. The second-order valence-corrected chi connectivity index (χ2v) is 6.05. The van der Waals surface area contributed by atoms with Gasteiger partial charge in [0, 0.05) is 31.4 Å². The molecule has 2 saturated heterocycles. The Morgan fingerprint density at radius 1 is 1.25 bits per heavy atom. The van der Waals surface area contributed by atoms with E-state index in [1.165, 1.54) is 6.33 Å². The predicted octanol–water partition coefficient (Wildman–Crippen LogP) is 0.719. The van der Waals surface area contributed by atoms with Gasteiger partial charge in [0.2, 0.25) is 0 Å². The molecule has 2 aliphatic heterocycles. The summed E-state index contributed by atoms with van der Waals surface area (Å²) in [6.45, 7) is 1.70. The van der Waals surface area contributed by atoms with Gasteiger partial charge in [-0.2, -0.15) is 0 Å². The van der Waals surface area contributed by atoms with Crippen LogP contribution in [0.15, 0.2) is 37.1 Å². The molecule has 1 amide bonds. The van der Waals surface area contributed by atoms with Crippen LogP contribution in [0, 0.1) is 0 Å². The van der Waals surface area contributed by atoms with E-state index in [1.54, 1.807) is 35.6 Å². The van der Waals surface area contributed by atoms with Gasteiger partial charge in [-0.25, -0.2) is 19.9 Å². The van der Waals surface area contributed by atoms with Crippen molar-refractivity contribution in [3.8, 4) is 6.01 Å². The molecule has 4 heterocycles. The Bertz CT molecular complexity index is 706. The van der Waals surface area contributed by atoms with Crippen molar-refractivity contribution in [2.24, 2.45) is 0 Å². The van der Waals surface area contributed by atoms with Gasteiger partial charge in [-0.3, -0.25) is 4.79 Å². The van der Waals surface area contributed by atoms with Crippen molar-refractivity contribution < 1.29 is 14.3 Å². The van der Waals surface area contributed by atoms with Crippen molar-refractivity contribution in [1.29, 1.82) is 0 Å². The topological polar surface area (TPSA) is 90.3 Å². The third kappa shape index (κ3) is 2.92. The molecule has 8 heteroatoms. The lowest BCUT2D eigenvalue weighted by atomic mass is 9.84. The third-order valence-corrected chi connectivity index (χ3v) is 4.31. The van der Waals surface area contributed by atoms with Crippen LogP contribution in [0.25, 0.3) is 0 Å². The van der Waals surface area contributed by atoms with Crippen LogP contribution in [0.4, 0.5) is 0 Å². The highest BCUT2D eigenvalue weighted by Crippen LogP contribution is 2.35. The average Bonchev–Trinajstić information content (AvgIpc) is 2.61. The van der Waals surface area contributed by atoms with Crippen molar-refractivity contribution >= 4 is 5.91 Å². The summed E-state index contributed by atoms with van der Waals surface area (Å²) in [7, 11) is 0. The summed E-state index contributed by atoms with van der Waals surface area (Å²) in [5.74, 6) is -0.0962. The lowest BCUT2D eigenvalue weighted by molar-refractivity contribution is -0.174. The van der Waals surface area contributed by atoms with Gasteiger partial charge in [0.25, 0.3) is 5.91 Å². The number of likely N-dealkylation sites (tertiary alicyclic amines) is 1. The summed E-state index contributed by atoms with van der Waals surface area (Å²) < 4.78 is 11.8. The molecule has 2 aliphatic rings. The Morgan fingerprint density at radius 3 is 2.83 bits per heavy atom. The van der Waals surface area contributed by atoms with Gasteiger partial charge < -0.3 is 14.4 Å². The first kappa shape index (κ1) is 14.9. The van der Waals surface area contributed by atoms with E-state index in [4.69, 9.17) is 9.47 Å². The lowest BCUT2D eigenvalue weighted by Crippen LogP contribution is -2.67. The van der Waals surface area contributed by atoms with Crippen molar-refractivity contribution in [2.75, 3.05) is 19.7 Å². The molecule has 0 radical (unpaired) electrons. The molecule has 0 N–H and O–H groups in total. The van der Waals surface area contributed by atoms with Crippen LogP contribution in [-0.4, -0.2) is 62.1 Å². The first-order chi connectivity index (χ1) is 11.7. The third-order valence-electron chi connectivity index (χ3n) is 4.31. The van der Waals surface area contributed by atoms with E-state index < -0.39 is 0 Å². The smallest absolute Gasteiger partial charge is 0.316 e. The number of aromatic nitrogens is 4. The van der Waals surface area contributed by atoms with Crippen LogP contribution < -0.4 is 4.74 Å². The van der Waals surface area contributed by atoms with Crippen LogP contribution in [0.1, 0.15) is 23.3 Å². The maximum atomic E-state index is 12.4. The van der Waals surface area contributed by atoms with E-state index in [0.717, 1.165) is 12.8 Å².